The number of nitrogens with one attached hydrogen (secondary N) is 1. The molecule has 2 aliphatic rings. The van der Waals surface area contributed by atoms with E-state index in [0.717, 1.165) is 25.8 Å². The van der Waals surface area contributed by atoms with Crippen molar-refractivity contribution in [2.45, 2.75) is 26.2 Å². The topological polar surface area (TPSA) is 52.7 Å². The highest BCUT2D eigenvalue weighted by Gasteiger charge is 2.36. The lowest BCUT2D eigenvalue weighted by Gasteiger charge is -2.34. The minimum Gasteiger partial charge on any atom is -0.319 e. The molecule has 7 heteroatoms. The lowest BCUT2D eigenvalue weighted by Crippen LogP contribution is -2.48. The van der Waals surface area contributed by atoms with E-state index >= 15 is 0 Å². The Hall–Kier alpha value is 0.120. The molecule has 0 aromatic heterocycles. The average molecular weight is 312 g/mol. The van der Waals surface area contributed by atoms with Crippen LogP contribution in [-0.2, 0) is 10.2 Å². The summed E-state index contributed by atoms with van der Waals surface area (Å²) in [7, 11) is -1.28. The maximum Gasteiger partial charge on any atom is 0.281 e. The van der Waals surface area contributed by atoms with E-state index in [1.807, 2.05) is 7.05 Å². The van der Waals surface area contributed by atoms with Crippen molar-refractivity contribution in [2.75, 3.05) is 39.8 Å². The number of halogens is 1. The smallest absolute Gasteiger partial charge is 0.281 e. The lowest BCUT2D eigenvalue weighted by molar-refractivity contribution is 0.248. The molecule has 2 rings (SSSR count). The first-order valence-corrected chi connectivity index (χ1v) is 8.33. The fourth-order valence-electron chi connectivity index (χ4n) is 2.96. The van der Waals surface area contributed by atoms with Crippen molar-refractivity contribution >= 4 is 22.6 Å². The molecule has 2 heterocycles. The summed E-state index contributed by atoms with van der Waals surface area (Å²) in [5.41, 5.74) is 0. The van der Waals surface area contributed by atoms with Gasteiger partial charge >= 0.3 is 0 Å². The molecule has 0 bridgehead atoms. The Kier molecular flexibility index (Phi) is 6.53. The Morgan fingerprint density at radius 3 is 2.42 bits per heavy atom. The fraction of sp³-hybridized carbons (Fsp3) is 1.00. The summed E-state index contributed by atoms with van der Waals surface area (Å²) in [5.74, 6) is 0.955. The minimum absolute atomic E-state index is 0. The SMILES string of the molecule is CNCC1CCCN(S(=O)(=O)N2CCC(C)C2)C1.Cl. The van der Waals surface area contributed by atoms with Crippen LogP contribution >= 0.6 is 12.4 Å². The Morgan fingerprint density at radius 1 is 1.16 bits per heavy atom. The highest BCUT2D eigenvalue weighted by molar-refractivity contribution is 7.86. The zero-order valence-corrected chi connectivity index (χ0v) is 13.5. The van der Waals surface area contributed by atoms with Crippen LogP contribution in [0.1, 0.15) is 26.2 Å². The van der Waals surface area contributed by atoms with Gasteiger partial charge < -0.3 is 5.32 Å². The summed E-state index contributed by atoms with van der Waals surface area (Å²) in [4.78, 5) is 0. The second kappa shape index (κ2) is 7.22. The first-order valence-electron chi connectivity index (χ1n) is 6.94. The van der Waals surface area contributed by atoms with Crippen LogP contribution in [-0.4, -0.2) is 56.8 Å². The zero-order valence-electron chi connectivity index (χ0n) is 11.8. The summed E-state index contributed by atoms with van der Waals surface area (Å²) in [5, 5.41) is 3.15. The summed E-state index contributed by atoms with van der Waals surface area (Å²) in [6.07, 6.45) is 3.10. The monoisotopic (exact) mass is 311 g/mol. The van der Waals surface area contributed by atoms with Gasteiger partial charge in [0.2, 0.25) is 0 Å². The molecule has 2 unspecified atom stereocenters. The minimum atomic E-state index is -3.21. The van der Waals surface area contributed by atoms with Gasteiger partial charge in [-0.2, -0.15) is 17.0 Å². The Bertz CT molecular complexity index is 375. The van der Waals surface area contributed by atoms with Crippen molar-refractivity contribution in [1.29, 1.82) is 0 Å². The quantitative estimate of drug-likeness (QED) is 0.840. The van der Waals surface area contributed by atoms with E-state index < -0.39 is 10.2 Å². The van der Waals surface area contributed by atoms with Crippen molar-refractivity contribution < 1.29 is 8.42 Å². The van der Waals surface area contributed by atoms with Crippen LogP contribution in [0.3, 0.4) is 0 Å². The van der Waals surface area contributed by atoms with Crippen LogP contribution < -0.4 is 5.32 Å². The van der Waals surface area contributed by atoms with E-state index in [4.69, 9.17) is 0 Å². The summed E-state index contributed by atoms with van der Waals surface area (Å²) in [6, 6.07) is 0. The summed E-state index contributed by atoms with van der Waals surface area (Å²) < 4.78 is 28.4. The second-order valence-corrected chi connectivity index (χ2v) is 7.61. The number of rotatable bonds is 4. The molecule has 5 nitrogen and oxygen atoms in total. The van der Waals surface area contributed by atoms with Crippen LogP contribution in [0.5, 0.6) is 0 Å². The second-order valence-electron chi connectivity index (χ2n) is 5.68. The van der Waals surface area contributed by atoms with Crippen molar-refractivity contribution in [2.24, 2.45) is 11.8 Å². The van der Waals surface area contributed by atoms with Gasteiger partial charge in [-0.05, 0) is 44.7 Å². The molecule has 0 spiro atoms. The van der Waals surface area contributed by atoms with Gasteiger partial charge in [0.1, 0.15) is 0 Å². The van der Waals surface area contributed by atoms with Gasteiger partial charge in [-0.3, -0.25) is 0 Å². The Morgan fingerprint density at radius 2 is 1.84 bits per heavy atom. The van der Waals surface area contributed by atoms with Gasteiger partial charge in [-0.15, -0.1) is 12.4 Å². The maximum atomic E-state index is 12.5. The van der Waals surface area contributed by atoms with E-state index in [2.05, 4.69) is 12.2 Å². The van der Waals surface area contributed by atoms with E-state index in [-0.39, 0.29) is 12.4 Å². The largest absolute Gasteiger partial charge is 0.319 e. The molecule has 2 aliphatic heterocycles. The fourth-order valence-corrected chi connectivity index (χ4v) is 4.82. The van der Waals surface area contributed by atoms with E-state index in [1.165, 1.54) is 0 Å². The van der Waals surface area contributed by atoms with Gasteiger partial charge in [0.25, 0.3) is 10.2 Å². The number of piperidine rings is 1. The first kappa shape index (κ1) is 17.2. The Balaban J connectivity index is 0.00000180. The maximum absolute atomic E-state index is 12.5. The number of hydrogen-bond donors (Lipinski definition) is 1. The van der Waals surface area contributed by atoms with Crippen molar-refractivity contribution in [1.82, 2.24) is 13.9 Å². The van der Waals surface area contributed by atoms with E-state index in [9.17, 15) is 8.42 Å². The van der Waals surface area contributed by atoms with Gasteiger partial charge in [-0.25, -0.2) is 0 Å². The highest BCUT2D eigenvalue weighted by atomic mass is 35.5. The van der Waals surface area contributed by atoms with Gasteiger partial charge in [0.05, 0.1) is 0 Å². The molecule has 2 saturated heterocycles. The molecule has 0 aromatic rings. The van der Waals surface area contributed by atoms with Gasteiger partial charge in [0, 0.05) is 26.2 Å². The van der Waals surface area contributed by atoms with Crippen LogP contribution in [0.25, 0.3) is 0 Å². The lowest BCUT2D eigenvalue weighted by atomic mass is 10.00. The molecule has 114 valence electrons. The molecule has 0 saturated carbocycles. The van der Waals surface area contributed by atoms with Crippen LogP contribution in [0.15, 0.2) is 0 Å². The van der Waals surface area contributed by atoms with Crippen molar-refractivity contribution in [3.8, 4) is 0 Å². The first-order chi connectivity index (χ1) is 8.54. The standard InChI is InChI=1S/C12H25N3O2S.ClH/c1-11-5-7-15(9-11)18(16,17)14-6-3-4-12(10-14)8-13-2;/h11-13H,3-10H2,1-2H3;1H. The van der Waals surface area contributed by atoms with E-state index in [1.54, 1.807) is 8.61 Å². The molecule has 0 radical (unpaired) electrons. The van der Waals surface area contributed by atoms with Crippen LogP contribution in [0, 0.1) is 11.8 Å². The molecule has 0 aromatic carbocycles. The number of hydrogen-bond acceptors (Lipinski definition) is 3. The predicted octanol–water partition coefficient (Wildman–Crippen LogP) is 0.926. The van der Waals surface area contributed by atoms with Crippen LogP contribution in [0.4, 0.5) is 0 Å². The predicted molar refractivity (Wildman–Crippen MR) is 79.7 cm³/mol. The Labute approximate surface area is 123 Å². The third-order valence-electron chi connectivity index (χ3n) is 4.01. The normalized spacial score (nSPS) is 30.2. The molecule has 0 amide bonds. The van der Waals surface area contributed by atoms with Gasteiger partial charge in [0.15, 0.2) is 0 Å². The molecular formula is C12H26ClN3O2S. The third-order valence-corrected chi connectivity index (χ3v) is 5.98. The molecular weight excluding hydrogens is 286 g/mol. The highest BCUT2D eigenvalue weighted by Crippen LogP contribution is 2.25. The molecule has 2 atom stereocenters. The molecule has 2 fully saturated rings. The van der Waals surface area contributed by atoms with Crippen molar-refractivity contribution in [3.05, 3.63) is 0 Å². The summed E-state index contributed by atoms with van der Waals surface area (Å²) >= 11 is 0. The van der Waals surface area contributed by atoms with E-state index in [0.29, 0.717) is 38.0 Å². The molecule has 1 N–H and O–H groups in total. The zero-order chi connectivity index (χ0) is 13.2. The molecule has 0 aliphatic carbocycles. The van der Waals surface area contributed by atoms with Crippen LogP contribution in [0.2, 0.25) is 0 Å². The van der Waals surface area contributed by atoms with Gasteiger partial charge in [-0.1, -0.05) is 6.92 Å². The van der Waals surface area contributed by atoms with Crippen molar-refractivity contribution in [3.63, 3.8) is 0 Å². The molecule has 19 heavy (non-hydrogen) atoms. The number of nitrogens with zero attached hydrogens (tertiary/aromatic N) is 2. The average Bonchev–Trinajstić information content (AvgIpc) is 2.77. The summed E-state index contributed by atoms with van der Waals surface area (Å²) in [6.45, 7) is 5.77. The third kappa shape index (κ3) is 4.04.